The molecule has 1 saturated carbocycles. The van der Waals surface area contributed by atoms with Gasteiger partial charge in [-0.1, -0.05) is 39.2 Å². The second-order valence-corrected chi connectivity index (χ2v) is 10.5. The fourth-order valence-corrected chi connectivity index (χ4v) is 4.58. The highest BCUT2D eigenvalue weighted by Gasteiger charge is 2.67. The van der Waals surface area contributed by atoms with Crippen LogP contribution in [0.15, 0.2) is 17.0 Å². The predicted octanol–water partition coefficient (Wildman–Crippen LogP) is 7.41. The van der Waals surface area contributed by atoms with E-state index in [0.29, 0.717) is 5.92 Å². The molecule has 180 valence electrons. The summed E-state index contributed by atoms with van der Waals surface area (Å²) in [6.07, 6.45) is -3.00. The molecule has 0 unspecified atom stereocenters. The zero-order valence-electron chi connectivity index (χ0n) is 16.2. The van der Waals surface area contributed by atoms with Crippen LogP contribution in [0.5, 0.6) is 5.75 Å². The summed E-state index contributed by atoms with van der Waals surface area (Å²) in [4.78, 5) is -3.16. The van der Waals surface area contributed by atoms with Crippen molar-refractivity contribution in [3.05, 3.63) is 23.8 Å². The van der Waals surface area contributed by atoms with E-state index in [1.54, 1.807) is 0 Å². The molecule has 31 heavy (non-hydrogen) atoms. The van der Waals surface area contributed by atoms with Gasteiger partial charge in [-0.05, 0) is 36.8 Å². The van der Waals surface area contributed by atoms with Crippen molar-refractivity contribution in [1.82, 2.24) is 0 Å². The molecule has 1 aliphatic carbocycles. The lowest BCUT2D eigenvalue weighted by Gasteiger charge is -2.40. The molecule has 0 radical (unpaired) electrons. The molecule has 1 aromatic carbocycles. The van der Waals surface area contributed by atoms with E-state index in [1.807, 2.05) is 0 Å². The Morgan fingerprint density at radius 2 is 1.42 bits per heavy atom. The standard InChI is InChI=1S/C18H21F9O3S/c1-10-2-4-11(5-3-10)12-8-28-17(29-9-12)18(21,22)30-13-6-7-14(16(20)15(13)19)31(23,24,25,26)27/h6-7,10-12,17H,2-5,8-9H2,1H3. The third kappa shape index (κ3) is 5.54. The first-order valence-electron chi connectivity index (χ1n) is 9.50. The minimum absolute atomic E-state index is 0.108. The van der Waals surface area contributed by atoms with Crippen molar-refractivity contribution in [3.8, 4) is 5.75 Å². The van der Waals surface area contributed by atoms with Crippen LogP contribution in [0.4, 0.5) is 37.0 Å². The summed E-state index contributed by atoms with van der Waals surface area (Å²) in [6.45, 7) is 1.90. The van der Waals surface area contributed by atoms with Gasteiger partial charge in [0.15, 0.2) is 11.6 Å². The predicted molar refractivity (Wildman–Crippen MR) is 93.6 cm³/mol. The van der Waals surface area contributed by atoms with Gasteiger partial charge < -0.3 is 14.2 Å². The molecule has 1 aliphatic heterocycles. The van der Waals surface area contributed by atoms with E-state index in [9.17, 15) is 37.0 Å². The first kappa shape index (κ1) is 24.3. The Morgan fingerprint density at radius 1 is 0.871 bits per heavy atom. The smallest absolute Gasteiger partial charge is 0.426 e. The molecule has 0 bridgehead atoms. The average molecular weight is 488 g/mol. The fourth-order valence-electron chi connectivity index (χ4n) is 3.83. The zero-order valence-corrected chi connectivity index (χ0v) is 17.1. The Morgan fingerprint density at radius 3 is 1.94 bits per heavy atom. The van der Waals surface area contributed by atoms with Crippen molar-refractivity contribution < 1.29 is 51.2 Å². The molecule has 3 nitrogen and oxygen atoms in total. The number of benzene rings is 1. The maximum absolute atomic E-state index is 14.3. The van der Waals surface area contributed by atoms with E-state index >= 15 is 0 Å². The molecular weight excluding hydrogens is 467 g/mol. The maximum Gasteiger partial charge on any atom is 0.451 e. The summed E-state index contributed by atoms with van der Waals surface area (Å²) < 4.78 is 134. The van der Waals surface area contributed by atoms with Gasteiger partial charge in [0.05, 0.1) is 13.2 Å². The monoisotopic (exact) mass is 488 g/mol. The molecule has 1 aromatic rings. The molecule has 0 atom stereocenters. The summed E-state index contributed by atoms with van der Waals surface area (Å²) >= 11 is 0. The minimum atomic E-state index is -10.6. The number of rotatable bonds is 5. The quantitative estimate of drug-likeness (QED) is 0.404. The fraction of sp³-hybridized carbons (Fsp3) is 0.667. The molecular formula is C18H21F9O3S. The van der Waals surface area contributed by atoms with Gasteiger partial charge >= 0.3 is 16.3 Å². The van der Waals surface area contributed by atoms with Gasteiger partial charge in [0, 0.05) is 5.92 Å². The summed E-state index contributed by atoms with van der Waals surface area (Å²) in [5.41, 5.74) is 0. The van der Waals surface area contributed by atoms with Gasteiger partial charge in [-0.25, -0.2) is 4.39 Å². The van der Waals surface area contributed by atoms with Crippen LogP contribution >= 0.6 is 10.2 Å². The van der Waals surface area contributed by atoms with Crippen molar-refractivity contribution in [2.75, 3.05) is 13.2 Å². The summed E-state index contributed by atoms with van der Waals surface area (Å²) in [7, 11) is -10.6. The SMILES string of the molecule is CC1CCC(C2COC(C(F)(F)Oc3ccc(S(F)(F)(F)(F)F)c(F)c3F)OC2)CC1. The molecule has 0 amide bonds. The molecule has 2 fully saturated rings. The third-order valence-corrected chi connectivity index (χ3v) is 6.74. The zero-order chi connectivity index (χ0) is 23.3. The van der Waals surface area contributed by atoms with E-state index in [2.05, 4.69) is 11.7 Å². The Hall–Kier alpha value is -1.34. The first-order valence-corrected chi connectivity index (χ1v) is 11.4. The lowest BCUT2D eigenvalue weighted by molar-refractivity contribution is -0.354. The minimum Gasteiger partial charge on any atom is -0.426 e. The van der Waals surface area contributed by atoms with E-state index in [1.165, 1.54) is 0 Å². The number of hydrogen-bond donors (Lipinski definition) is 0. The normalized spacial score (nSPS) is 30.4. The van der Waals surface area contributed by atoms with Crippen LogP contribution in [-0.2, 0) is 9.47 Å². The molecule has 0 N–H and O–H groups in total. The number of alkyl halides is 2. The van der Waals surface area contributed by atoms with Gasteiger partial charge in [-0.3, -0.25) is 0 Å². The highest BCUT2D eigenvalue weighted by atomic mass is 32.5. The van der Waals surface area contributed by atoms with Crippen molar-refractivity contribution in [2.24, 2.45) is 17.8 Å². The molecule has 0 spiro atoms. The van der Waals surface area contributed by atoms with Crippen LogP contribution < -0.4 is 4.74 Å². The molecule has 1 saturated heterocycles. The van der Waals surface area contributed by atoms with Crippen molar-refractivity contribution >= 4 is 10.2 Å². The van der Waals surface area contributed by atoms with Crippen LogP contribution in [0.3, 0.4) is 0 Å². The van der Waals surface area contributed by atoms with Gasteiger partial charge in [-0.2, -0.15) is 13.2 Å². The molecule has 0 aromatic heterocycles. The molecule has 1 heterocycles. The Balaban J connectivity index is 1.68. The van der Waals surface area contributed by atoms with Gasteiger partial charge in [-0.15, -0.1) is 0 Å². The Kier molecular flexibility index (Phi) is 5.75. The van der Waals surface area contributed by atoms with Crippen LogP contribution in [0.25, 0.3) is 0 Å². The van der Waals surface area contributed by atoms with E-state index in [0.717, 1.165) is 25.7 Å². The average Bonchev–Trinajstić information content (AvgIpc) is 2.64. The van der Waals surface area contributed by atoms with E-state index < -0.39 is 51.0 Å². The second kappa shape index (κ2) is 7.34. The highest BCUT2D eigenvalue weighted by Crippen LogP contribution is 3.02. The summed E-state index contributed by atoms with van der Waals surface area (Å²) in [5.74, 6) is -6.71. The Bertz CT molecular complexity index is 815. The molecule has 13 heteroatoms. The number of hydrogen-bond acceptors (Lipinski definition) is 3. The number of ether oxygens (including phenoxy) is 3. The third-order valence-electron chi connectivity index (χ3n) is 5.60. The van der Waals surface area contributed by atoms with Crippen molar-refractivity contribution in [2.45, 2.75) is 49.9 Å². The van der Waals surface area contributed by atoms with Gasteiger partial charge in [0.2, 0.25) is 5.82 Å². The number of halogens is 9. The summed E-state index contributed by atoms with van der Waals surface area (Å²) in [5, 5.41) is 0. The lowest BCUT2D eigenvalue weighted by atomic mass is 9.76. The highest BCUT2D eigenvalue weighted by molar-refractivity contribution is 8.45. The van der Waals surface area contributed by atoms with Crippen LogP contribution in [0.1, 0.15) is 32.6 Å². The lowest BCUT2D eigenvalue weighted by Crippen LogP contribution is -2.49. The van der Waals surface area contributed by atoms with Crippen molar-refractivity contribution in [1.29, 1.82) is 0 Å². The largest absolute Gasteiger partial charge is 0.451 e. The molecule has 2 aliphatic rings. The molecule has 3 rings (SSSR count). The van der Waals surface area contributed by atoms with E-state index in [4.69, 9.17) is 9.47 Å². The van der Waals surface area contributed by atoms with Crippen LogP contribution in [0, 0.1) is 29.4 Å². The maximum atomic E-state index is 14.3. The van der Waals surface area contributed by atoms with Crippen LogP contribution in [0.2, 0.25) is 0 Å². The van der Waals surface area contributed by atoms with Gasteiger partial charge in [0.1, 0.15) is 4.90 Å². The van der Waals surface area contributed by atoms with Crippen molar-refractivity contribution in [3.63, 3.8) is 0 Å². The van der Waals surface area contributed by atoms with Gasteiger partial charge in [0.25, 0.3) is 6.29 Å². The van der Waals surface area contributed by atoms with Crippen LogP contribution in [-0.4, -0.2) is 25.6 Å². The second-order valence-electron chi connectivity index (χ2n) is 8.10. The first-order chi connectivity index (χ1) is 14.0. The topological polar surface area (TPSA) is 27.7 Å². The Labute approximate surface area is 172 Å². The van der Waals surface area contributed by atoms with E-state index in [-0.39, 0.29) is 31.1 Å². The summed E-state index contributed by atoms with van der Waals surface area (Å²) in [6, 6.07) is -0.692.